The largest absolute Gasteiger partial charge is 0.326 e. The molecule has 6 nitrogen and oxygen atoms in total. The van der Waals surface area contributed by atoms with Crippen LogP contribution in [-0.2, 0) is 30.2 Å². The normalized spacial score (nSPS) is 11.8. The molecule has 2 aromatic rings. The minimum absolute atomic E-state index is 0.00843. The van der Waals surface area contributed by atoms with E-state index in [-0.39, 0.29) is 23.5 Å². The Morgan fingerprint density at radius 3 is 2.67 bits per heavy atom. The highest BCUT2D eigenvalue weighted by Crippen LogP contribution is 2.15. The van der Waals surface area contributed by atoms with E-state index in [1.54, 1.807) is 24.9 Å². The van der Waals surface area contributed by atoms with Gasteiger partial charge in [0.15, 0.2) is 0 Å². The highest BCUT2D eigenvalue weighted by molar-refractivity contribution is 7.89. The van der Waals surface area contributed by atoms with Crippen molar-refractivity contribution in [1.82, 2.24) is 14.5 Å². The molecule has 3 N–H and O–H groups in total. The molecule has 0 saturated heterocycles. The summed E-state index contributed by atoms with van der Waals surface area (Å²) in [6.07, 6.45) is 1.74. The Bertz CT molecular complexity index is 756. The first-order chi connectivity index (χ1) is 9.83. The Kier molecular flexibility index (Phi) is 4.40. The second-order valence-electron chi connectivity index (χ2n) is 4.70. The van der Waals surface area contributed by atoms with Crippen LogP contribution in [0.4, 0.5) is 4.39 Å². The van der Waals surface area contributed by atoms with Gasteiger partial charge in [-0.15, -0.1) is 0 Å². The van der Waals surface area contributed by atoms with Crippen molar-refractivity contribution in [2.75, 3.05) is 0 Å². The fourth-order valence-electron chi connectivity index (χ4n) is 1.95. The SMILES string of the molecule is Cc1nn(C)cc1CNS(=O)(=O)c1ccc(F)c(CN)c1. The molecule has 0 saturated carbocycles. The van der Waals surface area contributed by atoms with E-state index < -0.39 is 15.8 Å². The highest BCUT2D eigenvalue weighted by atomic mass is 32.2. The van der Waals surface area contributed by atoms with Crippen molar-refractivity contribution in [3.05, 3.63) is 47.0 Å². The van der Waals surface area contributed by atoms with Crippen LogP contribution in [0.5, 0.6) is 0 Å². The van der Waals surface area contributed by atoms with Gasteiger partial charge in [0.25, 0.3) is 0 Å². The van der Waals surface area contributed by atoms with Crippen molar-refractivity contribution in [3.63, 3.8) is 0 Å². The summed E-state index contributed by atoms with van der Waals surface area (Å²) in [5.74, 6) is -0.514. The van der Waals surface area contributed by atoms with E-state index in [2.05, 4.69) is 9.82 Å². The Hall–Kier alpha value is -1.77. The quantitative estimate of drug-likeness (QED) is 0.854. The number of aryl methyl sites for hydroxylation is 2. The Balaban J connectivity index is 2.20. The predicted octanol–water partition coefficient (Wildman–Crippen LogP) is 0.805. The standard InChI is InChI=1S/C13H17FN4O2S/c1-9-11(8-18(2)17-9)7-16-21(19,20)12-3-4-13(14)10(5-12)6-15/h3-5,8,16H,6-7,15H2,1-2H3. The van der Waals surface area contributed by atoms with E-state index in [9.17, 15) is 12.8 Å². The number of rotatable bonds is 5. The van der Waals surface area contributed by atoms with Gasteiger partial charge in [0.05, 0.1) is 10.6 Å². The molecule has 1 aromatic heterocycles. The van der Waals surface area contributed by atoms with Gasteiger partial charge in [-0.3, -0.25) is 4.68 Å². The van der Waals surface area contributed by atoms with Gasteiger partial charge < -0.3 is 5.73 Å². The summed E-state index contributed by atoms with van der Waals surface area (Å²) in [5.41, 5.74) is 7.08. The number of hydrogen-bond acceptors (Lipinski definition) is 4. The lowest BCUT2D eigenvalue weighted by molar-refractivity contribution is 0.579. The number of nitrogens with one attached hydrogen (secondary N) is 1. The van der Waals surface area contributed by atoms with Gasteiger partial charge in [-0.05, 0) is 25.1 Å². The number of aromatic nitrogens is 2. The van der Waals surface area contributed by atoms with Crippen LogP contribution < -0.4 is 10.5 Å². The number of sulfonamides is 1. The maximum absolute atomic E-state index is 13.4. The van der Waals surface area contributed by atoms with Gasteiger partial charge in [-0.25, -0.2) is 17.5 Å². The summed E-state index contributed by atoms with van der Waals surface area (Å²) in [7, 11) is -1.96. The van der Waals surface area contributed by atoms with Crippen molar-refractivity contribution in [2.45, 2.75) is 24.9 Å². The molecule has 0 aliphatic heterocycles. The van der Waals surface area contributed by atoms with E-state index in [1.165, 1.54) is 12.1 Å². The number of nitrogens with two attached hydrogens (primary N) is 1. The van der Waals surface area contributed by atoms with E-state index in [4.69, 9.17) is 5.73 Å². The van der Waals surface area contributed by atoms with Crippen molar-refractivity contribution in [3.8, 4) is 0 Å². The summed E-state index contributed by atoms with van der Waals surface area (Å²) < 4.78 is 41.8. The topological polar surface area (TPSA) is 90.0 Å². The van der Waals surface area contributed by atoms with Crippen LogP contribution in [0.25, 0.3) is 0 Å². The molecule has 0 aliphatic carbocycles. The molecule has 0 spiro atoms. The second-order valence-corrected chi connectivity index (χ2v) is 6.46. The van der Waals surface area contributed by atoms with Gasteiger partial charge >= 0.3 is 0 Å². The van der Waals surface area contributed by atoms with E-state index in [1.807, 2.05) is 0 Å². The average molecular weight is 312 g/mol. The fourth-order valence-corrected chi connectivity index (χ4v) is 3.01. The van der Waals surface area contributed by atoms with Gasteiger partial charge in [0.2, 0.25) is 10.0 Å². The van der Waals surface area contributed by atoms with Gasteiger partial charge in [-0.1, -0.05) is 0 Å². The molecule has 1 aromatic carbocycles. The van der Waals surface area contributed by atoms with Crippen molar-refractivity contribution < 1.29 is 12.8 Å². The summed E-state index contributed by atoms with van der Waals surface area (Å²) >= 11 is 0. The van der Waals surface area contributed by atoms with Crippen LogP contribution in [0.3, 0.4) is 0 Å². The Labute approximate surface area is 122 Å². The lowest BCUT2D eigenvalue weighted by atomic mass is 10.2. The first-order valence-corrected chi connectivity index (χ1v) is 7.79. The Morgan fingerprint density at radius 1 is 1.38 bits per heavy atom. The average Bonchev–Trinajstić information content (AvgIpc) is 2.75. The summed E-state index contributed by atoms with van der Waals surface area (Å²) in [4.78, 5) is -0.00843. The zero-order valence-corrected chi connectivity index (χ0v) is 12.6. The van der Waals surface area contributed by atoms with Crippen molar-refractivity contribution in [2.24, 2.45) is 12.8 Å². The molecule has 2 rings (SSSR count). The number of nitrogens with zero attached hydrogens (tertiary/aromatic N) is 2. The van der Waals surface area contributed by atoms with Crippen LogP contribution in [-0.4, -0.2) is 18.2 Å². The molecular weight excluding hydrogens is 295 g/mol. The van der Waals surface area contributed by atoms with Crippen LogP contribution in [0.2, 0.25) is 0 Å². The lowest BCUT2D eigenvalue weighted by Crippen LogP contribution is -2.23. The summed E-state index contributed by atoms with van der Waals surface area (Å²) in [5, 5.41) is 4.14. The van der Waals surface area contributed by atoms with E-state index >= 15 is 0 Å². The number of hydrogen-bond donors (Lipinski definition) is 2. The van der Waals surface area contributed by atoms with Crippen LogP contribution in [0.15, 0.2) is 29.3 Å². The number of halogens is 1. The molecule has 8 heteroatoms. The molecule has 21 heavy (non-hydrogen) atoms. The predicted molar refractivity (Wildman–Crippen MR) is 76.3 cm³/mol. The molecule has 0 unspecified atom stereocenters. The van der Waals surface area contributed by atoms with E-state index in [0.29, 0.717) is 0 Å². The zero-order valence-electron chi connectivity index (χ0n) is 11.8. The minimum atomic E-state index is -3.72. The number of benzene rings is 1. The van der Waals surface area contributed by atoms with Gasteiger partial charge in [0, 0.05) is 37.5 Å². The molecule has 0 amide bonds. The molecule has 0 aliphatic rings. The van der Waals surface area contributed by atoms with Crippen molar-refractivity contribution in [1.29, 1.82) is 0 Å². The van der Waals surface area contributed by atoms with Crippen LogP contribution in [0, 0.1) is 12.7 Å². The van der Waals surface area contributed by atoms with Crippen molar-refractivity contribution >= 4 is 10.0 Å². The highest BCUT2D eigenvalue weighted by Gasteiger charge is 2.16. The molecule has 0 bridgehead atoms. The third-order valence-corrected chi connectivity index (χ3v) is 4.51. The van der Waals surface area contributed by atoms with E-state index in [0.717, 1.165) is 17.3 Å². The smallest absolute Gasteiger partial charge is 0.240 e. The minimum Gasteiger partial charge on any atom is -0.326 e. The first kappa shape index (κ1) is 15.6. The Morgan fingerprint density at radius 2 is 2.10 bits per heavy atom. The molecule has 0 fully saturated rings. The zero-order chi connectivity index (χ0) is 15.6. The van der Waals surface area contributed by atoms with Gasteiger partial charge in [-0.2, -0.15) is 5.10 Å². The summed E-state index contributed by atoms with van der Waals surface area (Å²) in [6.45, 7) is 1.86. The molecule has 0 atom stereocenters. The third-order valence-electron chi connectivity index (χ3n) is 3.12. The fraction of sp³-hybridized carbons (Fsp3) is 0.308. The molecular formula is C13H17FN4O2S. The maximum Gasteiger partial charge on any atom is 0.240 e. The van der Waals surface area contributed by atoms with Gasteiger partial charge in [0.1, 0.15) is 5.82 Å². The second kappa shape index (κ2) is 5.92. The summed E-state index contributed by atoms with van der Waals surface area (Å²) in [6, 6.07) is 3.56. The van der Waals surface area contributed by atoms with Crippen LogP contribution >= 0.6 is 0 Å². The lowest BCUT2D eigenvalue weighted by Gasteiger charge is -2.08. The molecule has 1 heterocycles. The molecule has 114 valence electrons. The molecule has 0 radical (unpaired) electrons. The maximum atomic E-state index is 13.4. The van der Waals surface area contributed by atoms with Crippen LogP contribution in [0.1, 0.15) is 16.8 Å². The first-order valence-electron chi connectivity index (χ1n) is 6.31. The third kappa shape index (κ3) is 3.46. The monoisotopic (exact) mass is 312 g/mol.